The van der Waals surface area contributed by atoms with Crippen LogP contribution in [0.3, 0.4) is 0 Å². The van der Waals surface area contributed by atoms with Crippen molar-refractivity contribution in [2.45, 2.75) is 51.6 Å². The van der Waals surface area contributed by atoms with E-state index in [4.69, 9.17) is 9.84 Å². The summed E-state index contributed by atoms with van der Waals surface area (Å²) in [6.45, 7) is 9.31. The molecule has 0 atom stereocenters. The number of hydrogen-bond acceptors (Lipinski definition) is 4. The van der Waals surface area contributed by atoms with E-state index in [1.807, 2.05) is 0 Å². The molecule has 124 valence electrons. The highest BCUT2D eigenvalue weighted by Crippen LogP contribution is 2.29. The van der Waals surface area contributed by atoms with Crippen LogP contribution in [0.15, 0.2) is 6.20 Å². The Morgan fingerprint density at radius 2 is 2.05 bits per heavy atom. The summed E-state index contributed by atoms with van der Waals surface area (Å²) in [6.07, 6.45) is 8.79. The van der Waals surface area contributed by atoms with Crippen LogP contribution in [-0.2, 0) is 11.3 Å². The second kappa shape index (κ2) is 8.09. The fraction of sp³-hybridized carbons (Fsp3) is 0.824. The molecule has 5 nitrogen and oxygen atoms in total. The molecule has 1 aliphatic carbocycles. The van der Waals surface area contributed by atoms with Crippen LogP contribution in [0.1, 0.15) is 49.4 Å². The van der Waals surface area contributed by atoms with Gasteiger partial charge in [0.15, 0.2) is 0 Å². The number of ether oxygens (including phenoxy) is 1. The monoisotopic (exact) mass is 306 g/mol. The molecule has 1 N–H and O–H groups in total. The van der Waals surface area contributed by atoms with E-state index in [1.165, 1.54) is 49.9 Å². The van der Waals surface area contributed by atoms with Crippen LogP contribution in [0, 0.1) is 6.92 Å². The first-order valence-corrected chi connectivity index (χ1v) is 8.88. The smallest absolute Gasteiger partial charge is 0.0638 e. The molecule has 2 heterocycles. The third kappa shape index (κ3) is 4.31. The van der Waals surface area contributed by atoms with Gasteiger partial charge in [-0.3, -0.25) is 9.58 Å². The predicted molar refractivity (Wildman–Crippen MR) is 88.1 cm³/mol. The Bertz CT molecular complexity index is 448. The highest BCUT2D eigenvalue weighted by molar-refractivity contribution is 5.15. The maximum Gasteiger partial charge on any atom is 0.0638 e. The molecule has 2 aliphatic rings. The first kappa shape index (κ1) is 16.0. The molecule has 1 saturated heterocycles. The van der Waals surface area contributed by atoms with E-state index in [0.717, 1.165) is 39.4 Å². The molecule has 0 spiro atoms. The fourth-order valence-corrected chi connectivity index (χ4v) is 3.52. The van der Waals surface area contributed by atoms with Crippen LogP contribution in [0.5, 0.6) is 0 Å². The summed E-state index contributed by atoms with van der Waals surface area (Å²) in [6, 6.07) is 0.647. The van der Waals surface area contributed by atoms with Crippen molar-refractivity contribution in [2.75, 3.05) is 39.4 Å². The van der Waals surface area contributed by atoms with Crippen LogP contribution in [0.25, 0.3) is 0 Å². The van der Waals surface area contributed by atoms with E-state index in [1.54, 1.807) is 0 Å². The molecule has 2 fully saturated rings. The molecular formula is C17H30N4O. The van der Waals surface area contributed by atoms with E-state index >= 15 is 0 Å². The number of hydrogen-bond donors (Lipinski definition) is 1. The second-order valence-electron chi connectivity index (χ2n) is 6.64. The van der Waals surface area contributed by atoms with Crippen LogP contribution < -0.4 is 5.32 Å². The lowest BCUT2D eigenvalue weighted by atomic mass is 10.2. The van der Waals surface area contributed by atoms with Gasteiger partial charge in [0, 0.05) is 31.4 Å². The standard InChI is InChI=1S/C17H30N4O/c1-15-16(14-21(19-15)17-5-2-3-6-17)13-18-7-4-8-20-9-11-22-12-10-20/h14,17-18H,2-13H2,1H3. The van der Waals surface area contributed by atoms with Crippen molar-refractivity contribution in [3.63, 3.8) is 0 Å². The Hall–Kier alpha value is -0.910. The molecule has 1 aromatic heterocycles. The summed E-state index contributed by atoms with van der Waals surface area (Å²) in [7, 11) is 0. The van der Waals surface area contributed by atoms with Crippen molar-refractivity contribution in [1.82, 2.24) is 20.0 Å². The molecule has 3 rings (SSSR count). The lowest BCUT2D eigenvalue weighted by Crippen LogP contribution is -2.37. The minimum atomic E-state index is 0.647. The number of nitrogens with one attached hydrogen (secondary N) is 1. The minimum absolute atomic E-state index is 0.647. The molecule has 0 bridgehead atoms. The second-order valence-corrected chi connectivity index (χ2v) is 6.64. The maximum absolute atomic E-state index is 5.38. The summed E-state index contributed by atoms with van der Waals surface area (Å²) in [4.78, 5) is 2.49. The first-order valence-electron chi connectivity index (χ1n) is 8.88. The molecule has 0 amide bonds. The molecule has 1 aliphatic heterocycles. The van der Waals surface area contributed by atoms with Gasteiger partial charge in [-0.25, -0.2) is 0 Å². The highest BCUT2D eigenvalue weighted by Gasteiger charge is 2.18. The molecule has 5 heteroatoms. The largest absolute Gasteiger partial charge is 0.379 e. The van der Waals surface area contributed by atoms with Crippen molar-refractivity contribution < 1.29 is 4.74 Å². The number of nitrogens with zero attached hydrogens (tertiary/aromatic N) is 3. The van der Waals surface area contributed by atoms with Crippen LogP contribution in [0.4, 0.5) is 0 Å². The Labute approximate surface area is 134 Å². The van der Waals surface area contributed by atoms with E-state index < -0.39 is 0 Å². The van der Waals surface area contributed by atoms with Gasteiger partial charge in [-0.15, -0.1) is 0 Å². The number of aromatic nitrogens is 2. The van der Waals surface area contributed by atoms with Crippen molar-refractivity contribution in [3.05, 3.63) is 17.5 Å². The lowest BCUT2D eigenvalue weighted by Gasteiger charge is -2.26. The lowest BCUT2D eigenvalue weighted by molar-refractivity contribution is 0.0374. The summed E-state index contributed by atoms with van der Waals surface area (Å²) in [5.41, 5.74) is 2.55. The molecule has 0 unspecified atom stereocenters. The Balaban J connectivity index is 1.36. The molecule has 0 aromatic carbocycles. The summed E-state index contributed by atoms with van der Waals surface area (Å²) >= 11 is 0. The fourth-order valence-electron chi connectivity index (χ4n) is 3.52. The Morgan fingerprint density at radius 3 is 2.82 bits per heavy atom. The van der Waals surface area contributed by atoms with Gasteiger partial charge < -0.3 is 10.1 Å². The summed E-state index contributed by atoms with van der Waals surface area (Å²) < 4.78 is 7.59. The molecule has 0 radical (unpaired) electrons. The maximum atomic E-state index is 5.38. The average Bonchev–Trinajstić information content (AvgIpc) is 3.18. The third-order valence-corrected chi connectivity index (χ3v) is 4.96. The minimum Gasteiger partial charge on any atom is -0.379 e. The average molecular weight is 306 g/mol. The zero-order valence-electron chi connectivity index (χ0n) is 13.9. The van der Waals surface area contributed by atoms with Crippen molar-refractivity contribution in [1.29, 1.82) is 0 Å². The van der Waals surface area contributed by atoms with Gasteiger partial charge in [0.25, 0.3) is 0 Å². The van der Waals surface area contributed by atoms with Crippen LogP contribution in [-0.4, -0.2) is 54.1 Å². The molecule has 1 saturated carbocycles. The molecule has 22 heavy (non-hydrogen) atoms. The highest BCUT2D eigenvalue weighted by atomic mass is 16.5. The van der Waals surface area contributed by atoms with Gasteiger partial charge >= 0.3 is 0 Å². The van der Waals surface area contributed by atoms with E-state index in [0.29, 0.717) is 6.04 Å². The zero-order valence-corrected chi connectivity index (χ0v) is 13.9. The quantitative estimate of drug-likeness (QED) is 0.784. The topological polar surface area (TPSA) is 42.3 Å². The van der Waals surface area contributed by atoms with E-state index in [9.17, 15) is 0 Å². The van der Waals surface area contributed by atoms with Crippen molar-refractivity contribution >= 4 is 0 Å². The SMILES string of the molecule is Cc1nn(C2CCCC2)cc1CNCCCN1CCOCC1. The van der Waals surface area contributed by atoms with E-state index in [-0.39, 0.29) is 0 Å². The van der Waals surface area contributed by atoms with Crippen molar-refractivity contribution in [3.8, 4) is 0 Å². The summed E-state index contributed by atoms with van der Waals surface area (Å²) in [5.74, 6) is 0. The van der Waals surface area contributed by atoms with Gasteiger partial charge in [-0.1, -0.05) is 12.8 Å². The zero-order chi connectivity index (χ0) is 15.2. The summed E-state index contributed by atoms with van der Waals surface area (Å²) in [5, 5.41) is 8.29. The van der Waals surface area contributed by atoms with Gasteiger partial charge in [-0.05, 0) is 39.3 Å². The van der Waals surface area contributed by atoms with Crippen LogP contribution >= 0.6 is 0 Å². The normalized spacial score (nSPS) is 20.8. The number of rotatable bonds is 7. The van der Waals surface area contributed by atoms with E-state index in [2.05, 4.69) is 28.0 Å². The van der Waals surface area contributed by atoms with Crippen molar-refractivity contribution in [2.24, 2.45) is 0 Å². The van der Waals surface area contributed by atoms with Crippen LogP contribution in [0.2, 0.25) is 0 Å². The van der Waals surface area contributed by atoms with Gasteiger partial charge in [0.05, 0.1) is 24.9 Å². The Kier molecular flexibility index (Phi) is 5.87. The predicted octanol–water partition coefficient (Wildman–Crippen LogP) is 2.12. The Morgan fingerprint density at radius 1 is 1.27 bits per heavy atom. The molecular weight excluding hydrogens is 276 g/mol. The molecule has 1 aromatic rings. The first-order chi connectivity index (χ1) is 10.8. The van der Waals surface area contributed by atoms with Gasteiger partial charge in [0.1, 0.15) is 0 Å². The number of aryl methyl sites for hydroxylation is 1. The number of morpholine rings is 1. The van der Waals surface area contributed by atoms with Gasteiger partial charge in [0.2, 0.25) is 0 Å². The van der Waals surface area contributed by atoms with Gasteiger partial charge in [-0.2, -0.15) is 5.10 Å². The third-order valence-electron chi connectivity index (χ3n) is 4.96.